The maximum absolute atomic E-state index is 9.72. The molecule has 2 rings (SSSR count). The second-order valence-electron chi connectivity index (χ2n) is 7.13. The average molecular weight is 254 g/mol. The van der Waals surface area contributed by atoms with Crippen LogP contribution in [0.15, 0.2) is 0 Å². The number of hydrogen-bond donors (Lipinski definition) is 2. The van der Waals surface area contributed by atoms with Gasteiger partial charge in [0.25, 0.3) is 0 Å². The third-order valence-electron chi connectivity index (χ3n) is 4.75. The zero-order valence-electron chi connectivity index (χ0n) is 12.4. The minimum Gasteiger partial charge on any atom is -0.394 e. The topological polar surface area (TPSA) is 35.5 Å². The van der Waals surface area contributed by atoms with Crippen LogP contribution in [0.1, 0.15) is 47.0 Å². The van der Waals surface area contributed by atoms with E-state index in [0.717, 1.165) is 18.4 Å². The second kappa shape index (κ2) is 5.48. The summed E-state index contributed by atoms with van der Waals surface area (Å²) < 4.78 is 0. The van der Waals surface area contributed by atoms with Gasteiger partial charge in [-0.1, -0.05) is 13.8 Å². The largest absolute Gasteiger partial charge is 0.394 e. The van der Waals surface area contributed by atoms with Crippen LogP contribution in [0.5, 0.6) is 0 Å². The van der Waals surface area contributed by atoms with Crippen LogP contribution in [0.25, 0.3) is 0 Å². The lowest BCUT2D eigenvalue weighted by atomic mass is 9.85. The highest BCUT2D eigenvalue weighted by molar-refractivity contribution is 4.96. The van der Waals surface area contributed by atoms with Gasteiger partial charge in [-0.3, -0.25) is 4.90 Å². The van der Waals surface area contributed by atoms with E-state index in [-0.39, 0.29) is 12.1 Å². The number of aliphatic hydroxyl groups is 1. The normalized spacial score (nSPS) is 37.5. The summed E-state index contributed by atoms with van der Waals surface area (Å²) in [7, 11) is 0. The van der Waals surface area contributed by atoms with Crippen LogP contribution in [0, 0.1) is 11.8 Å². The number of likely N-dealkylation sites (tertiary alicyclic amines) is 1. The minimum absolute atomic E-state index is 0.133. The van der Waals surface area contributed by atoms with Crippen molar-refractivity contribution in [2.75, 3.05) is 19.7 Å². The number of nitrogens with one attached hydrogen (secondary N) is 1. The summed E-state index contributed by atoms with van der Waals surface area (Å²) in [6.07, 6.45) is 3.89. The van der Waals surface area contributed by atoms with E-state index in [9.17, 15) is 5.11 Å². The number of rotatable bonds is 5. The lowest BCUT2D eigenvalue weighted by molar-refractivity contribution is 0.0362. The van der Waals surface area contributed by atoms with E-state index in [4.69, 9.17) is 0 Å². The molecule has 1 saturated carbocycles. The van der Waals surface area contributed by atoms with E-state index in [1.54, 1.807) is 0 Å². The molecule has 4 unspecified atom stereocenters. The SMILES string of the molecule is CC1CC(C)C(C)N(CC(C)(CO)NC2CC2)C1. The Morgan fingerprint density at radius 1 is 1.28 bits per heavy atom. The van der Waals surface area contributed by atoms with Gasteiger partial charge in [0.1, 0.15) is 0 Å². The van der Waals surface area contributed by atoms with E-state index in [1.807, 2.05) is 0 Å². The Morgan fingerprint density at radius 3 is 2.50 bits per heavy atom. The van der Waals surface area contributed by atoms with Gasteiger partial charge in [0.2, 0.25) is 0 Å². The van der Waals surface area contributed by atoms with Crippen molar-refractivity contribution in [2.45, 2.75) is 64.6 Å². The van der Waals surface area contributed by atoms with E-state index < -0.39 is 0 Å². The molecule has 1 aliphatic heterocycles. The maximum atomic E-state index is 9.72. The molecule has 3 heteroatoms. The molecule has 2 fully saturated rings. The van der Waals surface area contributed by atoms with Gasteiger partial charge in [-0.2, -0.15) is 0 Å². The van der Waals surface area contributed by atoms with Crippen molar-refractivity contribution in [3.05, 3.63) is 0 Å². The van der Waals surface area contributed by atoms with Crippen LogP contribution in [0.4, 0.5) is 0 Å². The van der Waals surface area contributed by atoms with E-state index in [0.29, 0.717) is 12.1 Å². The summed E-state index contributed by atoms with van der Waals surface area (Å²) in [5, 5.41) is 13.3. The van der Waals surface area contributed by atoms with Crippen LogP contribution < -0.4 is 5.32 Å². The Balaban J connectivity index is 1.96. The smallest absolute Gasteiger partial charge is 0.0623 e. The quantitative estimate of drug-likeness (QED) is 0.786. The molecule has 0 spiro atoms. The van der Waals surface area contributed by atoms with E-state index >= 15 is 0 Å². The van der Waals surface area contributed by atoms with Gasteiger partial charge < -0.3 is 10.4 Å². The molecule has 2 aliphatic rings. The highest BCUT2D eigenvalue weighted by atomic mass is 16.3. The molecule has 0 aromatic heterocycles. The number of piperidine rings is 1. The molecule has 0 radical (unpaired) electrons. The molecule has 0 aromatic carbocycles. The predicted octanol–water partition coefficient (Wildman–Crippen LogP) is 1.86. The summed E-state index contributed by atoms with van der Waals surface area (Å²) in [5.41, 5.74) is -0.133. The standard InChI is InChI=1S/C15H30N2O/c1-11-7-12(2)13(3)17(8-11)9-15(4,10-18)16-14-5-6-14/h11-14,16,18H,5-10H2,1-4H3. The fourth-order valence-corrected chi connectivity index (χ4v) is 3.35. The third kappa shape index (κ3) is 3.46. The van der Waals surface area contributed by atoms with Gasteiger partial charge in [-0.15, -0.1) is 0 Å². The lowest BCUT2D eigenvalue weighted by Crippen LogP contribution is -2.59. The van der Waals surface area contributed by atoms with Gasteiger partial charge >= 0.3 is 0 Å². The Morgan fingerprint density at radius 2 is 1.94 bits per heavy atom. The highest BCUT2D eigenvalue weighted by Crippen LogP contribution is 2.29. The predicted molar refractivity (Wildman–Crippen MR) is 75.6 cm³/mol. The second-order valence-corrected chi connectivity index (χ2v) is 7.13. The molecule has 2 N–H and O–H groups in total. The molecule has 1 aliphatic carbocycles. The summed E-state index contributed by atoms with van der Waals surface area (Å²) >= 11 is 0. The monoisotopic (exact) mass is 254 g/mol. The van der Waals surface area contributed by atoms with Crippen LogP contribution in [0.2, 0.25) is 0 Å². The van der Waals surface area contributed by atoms with E-state index in [1.165, 1.54) is 25.8 Å². The molecule has 106 valence electrons. The lowest BCUT2D eigenvalue weighted by Gasteiger charge is -2.45. The fraction of sp³-hybridized carbons (Fsp3) is 1.00. The maximum Gasteiger partial charge on any atom is 0.0623 e. The van der Waals surface area contributed by atoms with Crippen molar-refractivity contribution in [3.63, 3.8) is 0 Å². The van der Waals surface area contributed by atoms with Crippen LogP contribution >= 0.6 is 0 Å². The number of nitrogens with zero attached hydrogens (tertiary/aromatic N) is 1. The minimum atomic E-state index is -0.133. The Kier molecular flexibility index (Phi) is 4.35. The molecule has 3 nitrogen and oxygen atoms in total. The summed E-state index contributed by atoms with van der Waals surface area (Å²) in [5.74, 6) is 1.54. The van der Waals surface area contributed by atoms with Crippen LogP contribution in [-0.4, -0.2) is 47.3 Å². The van der Waals surface area contributed by atoms with Gasteiger partial charge in [0.05, 0.1) is 12.1 Å². The number of aliphatic hydroxyl groups excluding tert-OH is 1. The molecule has 4 atom stereocenters. The van der Waals surface area contributed by atoms with Crippen molar-refractivity contribution >= 4 is 0 Å². The van der Waals surface area contributed by atoms with Crippen molar-refractivity contribution < 1.29 is 5.11 Å². The summed E-state index contributed by atoms with van der Waals surface area (Å²) in [6.45, 7) is 11.6. The van der Waals surface area contributed by atoms with Crippen molar-refractivity contribution in [1.82, 2.24) is 10.2 Å². The molecule has 0 aromatic rings. The molecular weight excluding hydrogens is 224 g/mol. The molecule has 1 heterocycles. The molecule has 18 heavy (non-hydrogen) atoms. The third-order valence-corrected chi connectivity index (χ3v) is 4.75. The van der Waals surface area contributed by atoms with E-state index in [2.05, 4.69) is 37.9 Å². The zero-order chi connectivity index (χ0) is 13.3. The van der Waals surface area contributed by atoms with Crippen molar-refractivity contribution in [3.8, 4) is 0 Å². The highest BCUT2D eigenvalue weighted by Gasteiger charge is 2.37. The molecule has 0 bridgehead atoms. The van der Waals surface area contributed by atoms with Crippen LogP contribution in [0.3, 0.4) is 0 Å². The fourth-order valence-electron chi connectivity index (χ4n) is 3.35. The Hall–Kier alpha value is -0.120. The Labute approximate surface area is 112 Å². The van der Waals surface area contributed by atoms with Crippen LogP contribution in [-0.2, 0) is 0 Å². The molecular formula is C15H30N2O. The first-order valence-corrected chi connectivity index (χ1v) is 7.56. The zero-order valence-corrected chi connectivity index (χ0v) is 12.4. The van der Waals surface area contributed by atoms with Gasteiger partial charge in [-0.05, 0) is 44.9 Å². The van der Waals surface area contributed by atoms with Gasteiger partial charge in [0, 0.05) is 25.2 Å². The first kappa shape index (κ1) is 14.3. The van der Waals surface area contributed by atoms with Gasteiger partial charge in [-0.25, -0.2) is 0 Å². The first-order chi connectivity index (χ1) is 8.43. The average Bonchev–Trinajstić information content (AvgIpc) is 3.09. The van der Waals surface area contributed by atoms with Gasteiger partial charge in [0.15, 0.2) is 0 Å². The number of hydrogen-bond acceptors (Lipinski definition) is 3. The van der Waals surface area contributed by atoms with Crippen molar-refractivity contribution in [2.24, 2.45) is 11.8 Å². The summed E-state index contributed by atoms with van der Waals surface area (Å²) in [4.78, 5) is 2.57. The summed E-state index contributed by atoms with van der Waals surface area (Å²) in [6, 6.07) is 1.28. The first-order valence-electron chi connectivity index (χ1n) is 7.56. The Bertz CT molecular complexity index is 280. The molecule has 1 saturated heterocycles. The molecule has 0 amide bonds. The van der Waals surface area contributed by atoms with Crippen molar-refractivity contribution in [1.29, 1.82) is 0 Å².